The standard InChI is InChI=1S/C20H25N5O/c1-25-11-5-10-21-16-7-3-2-6-15(16)17-8-4-9-19(24-17)23-14-12-18(20(25)26)22-13-14/h2-4,6-9,14,18,21-22H,5,10-13H2,1H3,(H,23,24)/t14-,18-/m0/s1. The minimum absolute atomic E-state index is 0.115. The fraction of sp³-hybridized carbons (Fsp3) is 0.400. The van der Waals surface area contributed by atoms with Gasteiger partial charge in [-0.3, -0.25) is 4.79 Å². The summed E-state index contributed by atoms with van der Waals surface area (Å²) in [6.45, 7) is 2.33. The van der Waals surface area contributed by atoms with Crippen LogP contribution in [0, 0.1) is 0 Å². The lowest BCUT2D eigenvalue weighted by molar-refractivity contribution is -0.131. The van der Waals surface area contributed by atoms with Crippen LogP contribution in [0.15, 0.2) is 42.5 Å². The number of fused-ring (bicyclic) bond motifs is 6. The molecular formula is C20H25N5O. The van der Waals surface area contributed by atoms with Gasteiger partial charge in [-0.2, -0.15) is 0 Å². The summed E-state index contributed by atoms with van der Waals surface area (Å²) in [4.78, 5) is 19.3. The molecule has 2 aliphatic heterocycles. The molecule has 1 aromatic carbocycles. The second-order valence-corrected chi connectivity index (χ2v) is 7.03. The first-order valence-electron chi connectivity index (χ1n) is 9.26. The number of rotatable bonds is 0. The Labute approximate surface area is 154 Å². The molecule has 1 aromatic heterocycles. The largest absolute Gasteiger partial charge is 0.384 e. The zero-order chi connectivity index (χ0) is 17.9. The van der Waals surface area contributed by atoms with Crippen LogP contribution < -0.4 is 16.0 Å². The van der Waals surface area contributed by atoms with Crippen LogP contribution in [-0.4, -0.2) is 54.6 Å². The van der Waals surface area contributed by atoms with Crippen molar-refractivity contribution < 1.29 is 4.79 Å². The Morgan fingerprint density at radius 2 is 2.04 bits per heavy atom. The molecule has 6 heteroatoms. The highest BCUT2D eigenvalue weighted by atomic mass is 16.2. The van der Waals surface area contributed by atoms with Gasteiger partial charge < -0.3 is 20.9 Å². The van der Waals surface area contributed by atoms with Crippen molar-refractivity contribution in [2.75, 3.05) is 37.3 Å². The molecular weight excluding hydrogens is 326 g/mol. The van der Waals surface area contributed by atoms with E-state index in [0.717, 1.165) is 55.2 Å². The van der Waals surface area contributed by atoms with Gasteiger partial charge in [0.15, 0.2) is 0 Å². The highest BCUT2D eigenvalue weighted by Gasteiger charge is 2.31. The number of benzene rings is 1. The third kappa shape index (κ3) is 3.51. The zero-order valence-electron chi connectivity index (χ0n) is 15.0. The third-order valence-electron chi connectivity index (χ3n) is 5.10. The molecule has 0 unspecified atom stereocenters. The van der Waals surface area contributed by atoms with Crippen LogP contribution in [0.2, 0.25) is 0 Å². The first-order chi connectivity index (χ1) is 12.7. The number of hydrogen-bond donors (Lipinski definition) is 3. The molecule has 4 rings (SSSR count). The summed E-state index contributed by atoms with van der Waals surface area (Å²) in [6.07, 6.45) is 1.68. The number of hydrogen-bond acceptors (Lipinski definition) is 5. The summed E-state index contributed by atoms with van der Waals surface area (Å²) in [5, 5.41) is 10.3. The van der Waals surface area contributed by atoms with E-state index in [4.69, 9.17) is 4.98 Å². The first kappa shape index (κ1) is 16.8. The fourth-order valence-electron chi connectivity index (χ4n) is 3.68. The van der Waals surface area contributed by atoms with E-state index in [1.807, 2.05) is 42.3 Å². The molecule has 1 saturated heterocycles. The topological polar surface area (TPSA) is 69.3 Å². The van der Waals surface area contributed by atoms with Crippen LogP contribution >= 0.6 is 0 Å². The third-order valence-corrected chi connectivity index (χ3v) is 5.10. The van der Waals surface area contributed by atoms with E-state index in [2.05, 4.69) is 28.1 Å². The highest BCUT2D eigenvalue weighted by Crippen LogP contribution is 2.27. The Hall–Kier alpha value is -2.60. The second kappa shape index (κ2) is 7.33. The molecule has 3 N–H and O–H groups in total. The number of amides is 1. The van der Waals surface area contributed by atoms with E-state index in [1.54, 1.807) is 0 Å². The van der Waals surface area contributed by atoms with Crippen LogP contribution in [0.1, 0.15) is 12.8 Å². The van der Waals surface area contributed by atoms with Crippen molar-refractivity contribution in [2.45, 2.75) is 24.9 Å². The van der Waals surface area contributed by atoms with Crippen molar-refractivity contribution >= 4 is 17.4 Å². The maximum atomic E-state index is 12.6. The Bertz CT molecular complexity index is 793. The average molecular weight is 351 g/mol. The lowest BCUT2D eigenvalue weighted by Crippen LogP contribution is -2.42. The number of anilines is 2. The number of nitrogens with one attached hydrogen (secondary N) is 3. The first-order valence-corrected chi connectivity index (χ1v) is 9.26. The molecule has 1 amide bonds. The number of para-hydroxylation sites is 1. The van der Waals surface area contributed by atoms with Gasteiger partial charge >= 0.3 is 0 Å². The lowest BCUT2D eigenvalue weighted by Gasteiger charge is -2.21. The minimum atomic E-state index is -0.115. The van der Waals surface area contributed by atoms with Crippen LogP contribution in [0.3, 0.4) is 0 Å². The number of likely N-dealkylation sites (N-methyl/N-ethyl adjacent to an activating group) is 1. The summed E-state index contributed by atoms with van der Waals surface area (Å²) in [5.74, 6) is 1.02. The molecule has 2 atom stereocenters. The van der Waals surface area contributed by atoms with Gasteiger partial charge in [-0.15, -0.1) is 0 Å². The molecule has 6 nitrogen and oxygen atoms in total. The van der Waals surface area contributed by atoms with Gasteiger partial charge in [0.25, 0.3) is 0 Å². The molecule has 0 radical (unpaired) electrons. The Morgan fingerprint density at radius 3 is 2.96 bits per heavy atom. The monoisotopic (exact) mass is 351 g/mol. The molecule has 3 heterocycles. The summed E-state index contributed by atoms with van der Waals surface area (Å²) < 4.78 is 0. The van der Waals surface area contributed by atoms with Gasteiger partial charge in [0.2, 0.25) is 5.91 Å². The zero-order valence-corrected chi connectivity index (χ0v) is 15.0. The van der Waals surface area contributed by atoms with Crippen LogP contribution in [0.5, 0.6) is 0 Å². The van der Waals surface area contributed by atoms with Crippen molar-refractivity contribution in [3.05, 3.63) is 42.5 Å². The molecule has 26 heavy (non-hydrogen) atoms. The maximum absolute atomic E-state index is 12.6. The van der Waals surface area contributed by atoms with E-state index in [1.165, 1.54) is 0 Å². The van der Waals surface area contributed by atoms with Crippen LogP contribution in [0.25, 0.3) is 11.3 Å². The smallest absolute Gasteiger partial charge is 0.239 e. The van der Waals surface area contributed by atoms with Gasteiger partial charge in [-0.05, 0) is 31.0 Å². The fourth-order valence-corrected chi connectivity index (χ4v) is 3.68. The second-order valence-electron chi connectivity index (χ2n) is 7.03. The summed E-state index contributed by atoms with van der Waals surface area (Å²) >= 11 is 0. The van der Waals surface area contributed by atoms with Gasteiger partial charge in [0.05, 0.1) is 11.7 Å². The molecule has 0 spiro atoms. The van der Waals surface area contributed by atoms with Crippen molar-refractivity contribution in [1.29, 1.82) is 0 Å². The Balaban J connectivity index is 1.66. The Kier molecular flexibility index (Phi) is 4.75. The van der Waals surface area contributed by atoms with Crippen molar-refractivity contribution in [2.24, 2.45) is 0 Å². The normalized spacial score (nSPS) is 23.3. The van der Waals surface area contributed by atoms with E-state index >= 15 is 0 Å². The number of aromatic nitrogens is 1. The SMILES string of the molecule is CN1CCCNc2ccccc2-c2cccc(n2)N[C@@H]2CN[C@@H](C2)C1=O. The molecule has 0 saturated carbocycles. The average Bonchev–Trinajstić information content (AvgIpc) is 3.12. The summed E-state index contributed by atoms with van der Waals surface area (Å²) in [7, 11) is 1.89. The number of pyridine rings is 1. The van der Waals surface area contributed by atoms with Gasteiger partial charge in [0.1, 0.15) is 5.82 Å². The molecule has 1 fully saturated rings. The van der Waals surface area contributed by atoms with Gasteiger partial charge in [0, 0.05) is 44.0 Å². The molecule has 0 aliphatic carbocycles. The van der Waals surface area contributed by atoms with E-state index < -0.39 is 0 Å². The molecule has 2 aliphatic rings. The molecule has 4 bridgehead atoms. The van der Waals surface area contributed by atoms with Crippen molar-refractivity contribution in [3.8, 4) is 11.3 Å². The van der Waals surface area contributed by atoms with E-state index in [9.17, 15) is 4.79 Å². The van der Waals surface area contributed by atoms with Crippen LogP contribution in [-0.2, 0) is 4.79 Å². The summed E-state index contributed by atoms with van der Waals surface area (Å²) in [5.41, 5.74) is 3.12. The van der Waals surface area contributed by atoms with Crippen molar-refractivity contribution in [1.82, 2.24) is 15.2 Å². The predicted octanol–water partition coefficient (Wildman–Crippen LogP) is 2.17. The minimum Gasteiger partial charge on any atom is -0.384 e. The van der Waals surface area contributed by atoms with Gasteiger partial charge in [-0.25, -0.2) is 4.98 Å². The highest BCUT2D eigenvalue weighted by molar-refractivity contribution is 5.82. The van der Waals surface area contributed by atoms with Gasteiger partial charge in [-0.1, -0.05) is 24.3 Å². The molecule has 136 valence electrons. The van der Waals surface area contributed by atoms with Crippen LogP contribution in [0.4, 0.5) is 11.5 Å². The number of carbonyl (C=O) groups is 1. The number of nitrogens with zero attached hydrogens (tertiary/aromatic N) is 2. The quantitative estimate of drug-likeness (QED) is 0.679. The molecule has 2 aromatic rings. The lowest BCUT2D eigenvalue weighted by atomic mass is 10.1. The van der Waals surface area contributed by atoms with E-state index in [0.29, 0.717) is 0 Å². The van der Waals surface area contributed by atoms with Crippen molar-refractivity contribution in [3.63, 3.8) is 0 Å². The predicted molar refractivity (Wildman–Crippen MR) is 104 cm³/mol. The number of carbonyl (C=O) groups excluding carboxylic acids is 1. The Morgan fingerprint density at radius 1 is 1.15 bits per heavy atom. The van der Waals surface area contributed by atoms with E-state index in [-0.39, 0.29) is 18.0 Å². The maximum Gasteiger partial charge on any atom is 0.239 e. The summed E-state index contributed by atoms with van der Waals surface area (Å²) in [6, 6.07) is 14.4.